The molecule has 0 aliphatic carbocycles. The second-order valence-electron chi connectivity index (χ2n) is 6.03. The molecule has 4 rings (SSSR count). The van der Waals surface area contributed by atoms with Crippen LogP contribution < -0.4 is 0 Å². The molecule has 3 heterocycles. The van der Waals surface area contributed by atoms with Crippen LogP contribution in [0.25, 0.3) is 17.3 Å². The van der Waals surface area contributed by atoms with Gasteiger partial charge in [0.05, 0.1) is 12.2 Å². The van der Waals surface area contributed by atoms with Gasteiger partial charge in [-0.2, -0.15) is 0 Å². The molecule has 0 saturated carbocycles. The molecule has 126 valence electrons. The molecule has 6 heteroatoms. The Morgan fingerprint density at radius 1 is 1.20 bits per heavy atom. The number of thiophene rings is 1. The first-order valence-electron chi connectivity index (χ1n) is 8.27. The Labute approximate surface area is 150 Å². The Morgan fingerprint density at radius 3 is 2.88 bits per heavy atom. The number of hydrogen-bond acceptors (Lipinski definition) is 4. The van der Waals surface area contributed by atoms with Crippen LogP contribution in [0, 0.1) is 0 Å². The Hall–Kier alpha value is -2.73. The molecule has 0 bridgehead atoms. The summed E-state index contributed by atoms with van der Waals surface area (Å²) < 4.78 is 1.89. The van der Waals surface area contributed by atoms with Crippen LogP contribution in [0.3, 0.4) is 0 Å². The van der Waals surface area contributed by atoms with Gasteiger partial charge in [-0.15, -0.1) is 16.4 Å². The van der Waals surface area contributed by atoms with E-state index in [1.54, 1.807) is 17.4 Å². The van der Waals surface area contributed by atoms with Crippen molar-refractivity contribution in [2.45, 2.75) is 12.5 Å². The number of hydrogen-bond donors (Lipinski definition) is 0. The third-order valence-electron chi connectivity index (χ3n) is 4.36. The predicted molar refractivity (Wildman–Crippen MR) is 99.0 cm³/mol. The van der Waals surface area contributed by atoms with Crippen molar-refractivity contribution in [2.75, 3.05) is 13.1 Å². The monoisotopic (exact) mass is 350 g/mol. The first kappa shape index (κ1) is 15.8. The zero-order chi connectivity index (χ0) is 17.1. The number of aromatic nitrogens is 3. The molecule has 25 heavy (non-hydrogen) atoms. The van der Waals surface area contributed by atoms with Gasteiger partial charge >= 0.3 is 0 Å². The van der Waals surface area contributed by atoms with Gasteiger partial charge in [-0.05, 0) is 23.9 Å². The maximum Gasteiger partial charge on any atom is 0.246 e. The maximum atomic E-state index is 12.3. The minimum absolute atomic E-state index is 0.0549. The zero-order valence-corrected chi connectivity index (χ0v) is 14.5. The standard InChI is InChI=1S/C19H18N4OS/c24-19(9-8-17-7-4-12-25-17)22-11-10-16(13-22)23-14-18(20-21-23)15-5-2-1-3-6-15/h1-9,12,14,16H,10-11,13H2/b9-8+. The van der Waals surface area contributed by atoms with E-state index in [9.17, 15) is 4.79 Å². The normalized spacial score (nSPS) is 17.4. The summed E-state index contributed by atoms with van der Waals surface area (Å²) in [5, 5.41) is 10.5. The van der Waals surface area contributed by atoms with Crippen molar-refractivity contribution < 1.29 is 4.79 Å². The lowest BCUT2D eigenvalue weighted by Gasteiger charge is -2.14. The second kappa shape index (κ2) is 7.03. The van der Waals surface area contributed by atoms with E-state index in [1.807, 2.05) is 69.7 Å². The Morgan fingerprint density at radius 2 is 2.08 bits per heavy atom. The van der Waals surface area contributed by atoms with E-state index in [4.69, 9.17) is 0 Å². The zero-order valence-electron chi connectivity index (χ0n) is 13.7. The van der Waals surface area contributed by atoms with E-state index < -0.39 is 0 Å². The lowest BCUT2D eigenvalue weighted by Crippen LogP contribution is -2.27. The fraction of sp³-hybridized carbons (Fsp3) is 0.211. The highest BCUT2D eigenvalue weighted by molar-refractivity contribution is 7.10. The largest absolute Gasteiger partial charge is 0.337 e. The van der Waals surface area contributed by atoms with E-state index in [-0.39, 0.29) is 11.9 Å². The highest BCUT2D eigenvalue weighted by atomic mass is 32.1. The summed E-state index contributed by atoms with van der Waals surface area (Å²) in [6.45, 7) is 1.42. The van der Waals surface area contributed by atoms with Crippen molar-refractivity contribution in [2.24, 2.45) is 0 Å². The van der Waals surface area contributed by atoms with Gasteiger partial charge in [-0.25, -0.2) is 4.68 Å². The van der Waals surface area contributed by atoms with Crippen LogP contribution >= 0.6 is 11.3 Å². The van der Waals surface area contributed by atoms with Crippen LogP contribution in [0.5, 0.6) is 0 Å². The number of rotatable bonds is 4. The minimum Gasteiger partial charge on any atom is -0.337 e. The van der Waals surface area contributed by atoms with E-state index >= 15 is 0 Å². The van der Waals surface area contributed by atoms with Crippen LogP contribution in [0.1, 0.15) is 17.3 Å². The summed E-state index contributed by atoms with van der Waals surface area (Å²) in [6, 6.07) is 14.2. The number of amides is 1. The highest BCUT2D eigenvalue weighted by Gasteiger charge is 2.27. The molecule has 0 N–H and O–H groups in total. The first-order chi connectivity index (χ1) is 12.3. The van der Waals surface area contributed by atoms with Gasteiger partial charge < -0.3 is 4.90 Å². The molecule has 5 nitrogen and oxygen atoms in total. The molecular formula is C19H18N4OS. The lowest BCUT2D eigenvalue weighted by molar-refractivity contribution is -0.125. The molecular weight excluding hydrogens is 332 g/mol. The Bertz CT molecular complexity index is 870. The molecule has 1 aromatic carbocycles. The fourth-order valence-electron chi connectivity index (χ4n) is 3.00. The van der Waals surface area contributed by atoms with Crippen molar-refractivity contribution in [1.29, 1.82) is 0 Å². The number of nitrogens with zero attached hydrogens (tertiary/aromatic N) is 4. The predicted octanol–water partition coefficient (Wildman–Crippen LogP) is 3.49. The van der Waals surface area contributed by atoms with Crippen molar-refractivity contribution in [3.8, 4) is 11.3 Å². The molecule has 1 unspecified atom stereocenters. The van der Waals surface area contributed by atoms with Crippen LogP contribution in [0.4, 0.5) is 0 Å². The van der Waals surface area contributed by atoms with Gasteiger partial charge in [0.25, 0.3) is 0 Å². The first-order valence-corrected chi connectivity index (χ1v) is 9.15. The average molecular weight is 350 g/mol. The van der Waals surface area contributed by atoms with Crippen molar-refractivity contribution in [1.82, 2.24) is 19.9 Å². The average Bonchev–Trinajstić information content (AvgIpc) is 3.41. The van der Waals surface area contributed by atoms with Crippen molar-refractivity contribution in [3.05, 3.63) is 65.0 Å². The van der Waals surface area contributed by atoms with Gasteiger partial charge in [0.15, 0.2) is 0 Å². The molecule has 1 amide bonds. The van der Waals surface area contributed by atoms with Crippen LogP contribution in [0.15, 0.2) is 60.1 Å². The molecule has 3 aromatic rings. The van der Waals surface area contributed by atoms with Gasteiger partial charge in [-0.3, -0.25) is 4.79 Å². The summed E-state index contributed by atoms with van der Waals surface area (Å²) in [6.07, 6.45) is 6.40. The number of carbonyl (C=O) groups excluding carboxylic acids is 1. The van der Waals surface area contributed by atoms with Gasteiger partial charge in [0.1, 0.15) is 5.69 Å². The Balaban J connectivity index is 1.41. The summed E-state index contributed by atoms with van der Waals surface area (Å²) in [7, 11) is 0. The number of carbonyl (C=O) groups is 1. The molecule has 1 atom stereocenters. The van der Waals surface area contributed by atoms with E-state index in [0.29, 0.717) is 6.54 Å². The van der Waals surface area contributed by atoms with Crippen LogP contribution in [-0.2, 0) is 4.79 Å². The fourth-order valence-corrected chi connectivity index (χ4v) is 3.62. The van der Waals surface area contributed by atoms with Gasteiger partial charge in [-0.1, -0.05) is 41.6 Å². The van der Waals surface area contributed by atoms with Crippen LogP contribution in [0.2, 0.25) is 0 Å². The van der Waals surface area contributed by atoms with E-state index in [1.165, 1.54) is 0 Å². The number of likely N-dealkylation sites (tertiary alicyclic amines) is 1. The molecule has 2 aromatic heterocycles. The molecule has 1 saturated heterocycles. The molecule has 0 radical (unpaired) electrons. The van der Waals surface area contributed by atoms with Crippen LogP contribution in [-0.4, -0.2) is 38.9 Å². The third kappa shape index (κ3) is 3.53. The topological polar surface area (TPSA) is 51.0 Å². The second-order valence-corrected chi connectivity index (χ2v) is 7.00. The summed E-state index contributed by atoms with van der Waals surface area (Å²) in [5.74, 6) is 0.0549. The smallest absolute Gasteiger partial charge is 0.246 e. The lowest BCUT2D eigenvalue weighted by atomic mass is 10.2. The van der Waals surface area contributed by atoms with E-state index in [2.05, 4.69) is 10.3 Å². The third-order valence-corrected chi connectivity index (χ3v) is 5.20. The molecule has 1 aliphatic rings. The van der Waals surface area contributed by atoms with Gasteiger partial charge in [0.2, 0.25) is 5.91 Å². The van der Waals surface area contributed by atoms with E-state index in [0.717, 1.165) is 29.1 Å². The van der Waals surface area contributed by atoms with Crippen molar-refractivity contribution in [3.63, 3.8) is 0 Å². The maximum absolute atomic E-state index is 12.3. The SMILES string of the molecule is O=C(/C=C/c1cccs1)N1CCC(n2cc(-c3ccccc3)nn2)C1. The van der Waals surface area contributed by atoms with Crippen molar-refractivity contribution >= 4 is 23.3 Å². The molecule has 1 aliphatic heterocycles. The van der Waals surface area contributed by atoms with Gasteiger partial charge in [0, 0.05) is 29.6 Å². The summed E-state index contributed by atoms with van der Waals surface area (Å²) in [4.78, 5) is 15.3. The molecule has 0 spiro atoms. The Kier molecular flexibility index (Phi) is 4.43. The summed E-state index contributed by atoms with van der Waals surface area (Å²) in [5.41, 5.74) is 1.92. The number of benzene rings is 1. The molecule has 1 fully saturated rings. The minimum atomic E-state index is 0.0549. The highest BCUT2D eigenvalue weighted by Crippen LogP contribution is 2.23. The summed E-state index contributed by atoms with van der Waals surface area (Å²) >= 11 is 1.63. The quantitative estimate of drug-likeness (QED) is 0.677.